The van der Waals surface area contributed by atoms with Crippen LogP contribution in [0.4, 0.5) is 5.69 Å². The molecule has 4 N–H and O–H groups in total. The molecule has 0 bridgehead atoms. The molecule has 23 heavy (non-hydrogen) atoms. The quantitative estimate of drug-likeness (QED) is 0.624. The lowest BCUT2D eigenvalue weighted by molar-refractivity contribution is -0.119. The Hall–Kier alpha value is -2.33. The van der Waals surface area contributed by atoms with Gasteiger partial charge in [0.25, 0.3) is 0 Å². The van der Waals surface area contributed by atoms with Crippen LogP contribution in [0.3, 0.4) is 0 Å². The first-order valence-corrected chi connectivity index (χ1v) is 8.04. The van der Waals surface area contributed by atoms with E-state index < -0.39 is 0 Å². The third kappa shape index (κ3) is 6.12. The maximum atomic E-state index is 11.0. The average molecular weight is 311 g/mol. The number of hydrogen-bond donors (Lipinski definition) is 3. The molecule has 0 saturated heterocycles. The van der Waals surface area contributed by atoms with Gasteiger partial charge in [-0.2, -0.15) is 0 Å². The van der Waals surface area contributed by atoms with Gasteiger partial charge < -0.3 is 16.4 Å². The molecule has 2 rings (SSSR count). The second-order valence-corrected chi connectivity index (χ2v) is 5.72. The minimum absolute atomic E-state index is 0.314. The van der Waals surface area contributed by atoms with Crippen molar-refractivity contribution < 1.29 is 4.79 Å². The predicted octanol–water partition coefficient (Wildman–Crippen LogP) is 2.69. The van der Waals surface area contributed by atoms with E-state index in [4.69, 9.17) is 5.73 Å². The number of anilines is 1. The van der Waals surface area contributed by atoms with E-state index in [1.54, 1.807) is 6.92 Å². The monoisotopic (exact) mass is 311 g/mol. The number of nitrogens with one attached hydrogen (secondary N) is 2. The van der Waals surface area contributed by atoms with Crippen molar-refractivity contribution >= 4 is 11.6 Å². The molecule has 0 radical (unpaired) electrons. The number of amides is 1. The molecule has 0 saturated carbocycles. The Bertz CT molecular complexity index is 596. The number of carbonyl (C=O) groups is 1. The number of rotatable bonds is 9. The van der Waals surface area contributed by atoms with Crippen LogP contribution in [0.2, 0.25) is 0 Å². The molecule has 122 valence electrons. The number of carbonyl (C=O) groups excluding carboxylic acids is 1. The zero-order valence-corrected chi connectivity index (χ0v) is 13.6. The number of aryl methyl sites for hydroxylation is 1. The zero-order chi connectivity index (χ0) is 16.5. The van der Waals surface area contributed by atoms with E-state index in [1.165, 1.54) is 5.56 Å². The van der Waals surface area contributed by atoms with Crippen LogP contribution in [0.15, 0.2) is 54.6 Å². The van der Waals surface area contributed by atoms with E-state index in [9.17, 15) is 4.79 Å². The molecular weight excluding hydrogens is 286 g/mol. The molecule has 4 nitrogen and oxygen atoms in total. The van der Waals surface area contributed by atoms with Gasteiger partial charge in [0, 0.05) is 18.8 Å². The van der Waals surface area contributed by atoms with Crippen molar-refractivity contribution in [2.24, 2.45) is 5.73 Å². The molecule has 2 aromatic rings. The van der Waals surface area contributed by atoms with E-state index in [2.05, 4.69) is 59.2 Å². The van der Waals surface area contributed by atoms with Crippen molar-refractivity contribution in [1.82, 2.24) is 5.32 Å². The maximum Gasteiger partial charge on any atom is 0.234 e. The molecular formula is C19H25N3O. The summed E-state index contributed by atoms with van der Waals surface area (Å²) in [5.74, 6) is -0.332. The fourth-order valence-corrected chi connectivity index (χ4v) is 2.28. The van der Waals surface area contributed by atoms with Crippen LogP contribution in [0.1, 0.15) is 24.5 Å². The van der Waals surface area contributed by atoms with Crippen molar-refractivity contribution in [2.45, 2.75) is 32.4 Å². The molecule has 2 aromatic carbocycles. The van der Waals surface area contributed by atoms with Crippen LogP contribution in [-0.4, -0.2) is 18.5 Å². The van der Waals surface area contributed by atoms with Crippen LogP contribution in [0.5, 0.6) is 0 Å². The van der Waals surface area contributed by atoms with Gasteiger partial charge in [-0.05, 0) is 43.0 Å². The van der Waals surface area contributed by atoms with Crippen molar-refractivity contribution in [3.8, 4) is 0 Å². The summed E-state index contributed by atoms with van der Waals surface area (Å²) in [7, 11) is 0. The summed E-state index contributed by atoms with van der Waals surface area (Å²) in [5, 5.41) is 6.52. The molecule has 1 atom stereocenters. The van der Waals surface area contributed by atoms with E-state index >= 15 is 0 Å². The highest BCUT2D eigenvalue weighted by molar-refractivity contribution is 5.79. The average Bonchev–Trinajstić information content (AvgIpc) is 2.58. The molecule has 0 aliphatic carbocycles. The Morgan fingerprint density at radius 1 is 1.04 bits per heavy atom. The standard InChI is InChI=1S/C19H25N3O/c1-15(19(20)23)22-14-17-9-11-18(12-10-17)21-13-5-8-16-6-3-2-4-7-16/h2-4,6-7,9-12,15,21-22H,5,8,13-14H2,1H3,(H2,20,23). The van der Waals surface area contributed by atoms with Crippen molar-refractivity contribution in [1.29, 1.82) is 0 Å². The van der Waals surface area contributed by atoms with Gasteiger partial charge in [0.2, 0.25) is 5.91 Å². The molecule has 4 heteroatoms. The Kier molecular flexibility index (Phi) is 6.63. The van der Waals surface area contributed by atoms with E-state index in [0.29, 0.717) is 6.54 Å². The van der Waals surface area contributed by atoms with Gasteiger partial charge in [-0.1, -0.05) is 42.5 Å². The molecule has 0 heterocycles. The number of nitrogens with two attached hydrogens (primary N) is 1. The normalized spacial score (nSPS) is 11.9. The first-order chi connectivity index (χ1) is 11.1. The van der Waals surface area contributed by atoms with Crippen molar-refractivity contribution in [3.63, 3.8) is 0 Å². The van der Waals surface area contributed by atoms with Gasteiger partial charge in [-0.25, -0.2) is 0 Å². The summed E-state index contributed by atoms with van der Waals surface area (Å²) in [4.78, 5) is 11.0. The largest absolute Gasteiger partial charge is 0.385 e. The zero-order valence-electron chi connectivity index (χ0n) is 13.6. The third-order valence-corrected chi connectivity index (χ3v) is 3.81. The van der Waals surface area contributed by atoms with Crippen LogP contribution < -0.4 is 16.4 Å². The lowest BCUT2D eigenvalue weighted by Gasteiger charge is -2.11. The molecule has 0 fully saturated rings. The SMILES string of the molecule is CC(NCc1ccc(NCCCc2ccccc2)cc1)C(N)=O. The van der Waals surface area contributed by atoms with E-state index in [0.717, 1.165) is 30.6 Å². The molecule has 0 aliphatic rings. The van der Waals surface area contributed by atoms with Gasteiger partial charge in [-0.3, -0.25) is 4.79 Å². The van der Waals surface area contributed by atoms with E-state index in [-0.39, 0.29) is 11.9 Å². The summed E-state index contributed by atoms with van der Waals surface area (Å²) in [6.07, 6.45) is 2.18. The highest BCUT2D eigenvalue weighted by Gasteiger charge is 2.06. The predicted molar refractivity (Wildman–Crippen MR) is 95.2 cm³/mol. The Morgan fingerprint density at radius 3 is 2.39 bits per heavy atom. The third-order valence-electron chi connectivity index (χ3n) is 3.81. The van der Waals surface area contributed by atoms with Crippen LogP contribution >= 0.6 is 0 Å². The highest BCUT2D eigenvalue weighted by Crippen LogP contribution is 2.10. The minimum Gasteiger partial charge on any atom is -0.385 e. The molecule has 0 aromatic heterocycles. The Balaban J connectivity index is 1.69. The first-order valence-electron chi connectivity index (χ1n) is 8.04. The fraction of sp³-hybridized carbons (Fsp3) is 0.316. The van der Waals surface area contributed by atoms with Crippen molar-refractivity contribution in [3.05, 3.63) is 65.7 Å². The number of hydrogen-bond acceptors (Lipinski definition) is 3. The first kappa shape index (κ1) is 17.0. The Labute approximate surface area is 138 Å². The van der Waals surface area contributed by atoms with Crippen LogP contribution in [0, 0.1) is 0 Å². The summed E-state index contributed by atoms with van der Waals surface area (Å²) >= 11 is 0. The topological polar surface area (TPSA) is 67.2 Å². The molecule has 0 aliphatic heterocycles. The lowest BCUT2D eigenvalue weighted by Crippen LogP contribution is -2.38. The second kappa shape index (κ2) is 8.96. The number of primary amides is 1. The minimum atomic E-state index is -0.332. The van der Waals surface area contributed by atoms with Crippen LogP contribution in [-0.2, 0) is 17.8 Å². The smallest absolute Gasteiger partial charge is 0.234 e. The molecule has 1 amide bonds. The van der Waals surface area contributed by atoms with Gasteiger partial charge >= 0.3 is 0 Å². The van der Waals surface area contributed by atoms with Crippen LogP contribution in [0.25, 0.3) is 0 Å². The maximum absolute atomic E-state index is 11.0. The summed E-state index contributed by atoms with van der Waals surface area (Å²) in [5.41, 5.74) is 8.85. The summed E-state index contributed by atoms with van der Waals surface area (Å²) in [6.45, 7) is 3.36. The Morgan fingerprint density at radius 2 is 1.74 bits per heavy atom. The van der Waals surface area contributed by atoms with Gasteiger partial charge in [-0.15, -0.1) is 0 Å². The molecule has 1 unspecified atom stereocenters. The molecule has 0 spiro atoms. The highest BCUT2D eigenvalue weighted by atomic mass is 16.1. The van der Waals surface area contributed by atoms with Gasteiger partial charge in [0.15, 0.2) is 0 Å². The van der Waals surface area contributed by atoms with Crippen molar-refractivity contribution in [2.75, 3.05) is 11.9 Å². The summed E-state index contributed by atoms with van der Waals surface area (Å²) < 4.78 is 0. The lowest BCUT2D eigenvalue weighted by atomic mass is 10.1. The van der Waals surface area contributed by atoms with Gasteiger partial charge in [0.05, 0.1) is 6.04 Å². The number of benzene rings is 2. The van der Waals surface area contributed by atoms with E-state index in [1.807, 2.05) is 6.07 Å². The van der Waals surface area contributed by atoms with Gasteiger partial charge in [0.1, 0.15) is 0 Å². The summed E-state index contributed by atoms with van der Waals surface area (Å²) in [6, 6.07) is 18.4. The fourth-order valence-electron chi connectivity index (χ4n) is 2.28. The second-order valence-electron chi connectivity index (χ2n) is 5.72.